The van der Waals surface area contributed by atoms with Crippen molar-refractivity contribution in [3.63, 3.8) is 0 Å². The molecule has 0 fully saturated rings. The van der Waals surface area contributed by atoms with Crippen molar-refractivity contribution in [1.82, 2.24) is 9.97 Å². The Bertz CT molecular complexity index is 1250. The van der Waals surface area contributed by atoms with Crippen LogP contribution in [0.25, 0.3) is 22.5 Å². The van der Waals surface area contributed by atoms with Crippen LogP contribution in [0.15, 0.2) is 73.1 Å². The molecule has 0 aliphatic carbocycles. The van der Waals surface area contributed by atoms with Gasteiger partial charge >= 0.3 is 126 Å². The van der Waals surface area contributed by atoms with Gasteiger partial charge in [-0.2, -0.15) is 0 Å². The van der Waals surface area contributed by atoms with E-state index in [1.165, 1.54) is 16.3 Å². The summed E-state index contributed by atoms with van der Waals surface area (Å²) in [5, 5.41) is 1.49. The molecule has 0 aliphatic rings. The second kappa shape index (κ2) is 15.6. The summed E-state index contributed by atoms with van der Waals surface area (Å²) >= 11 is -1.86. The largest absolute Gasteiger partial charge is 0.305 e. The van der Waals surface area contributed by atoms with E-state index < -0.39 is 21.3 Å². The van der Waals surface area contributed by atoms with Gasteiger partial charge in [0.1, 0.15) is 0 Å². The molecule has 0 aliphatic heterocycles. The van der Waals surface area contributed by atoms with Crippen LogP contribution in [-0.2, 0) is 32.9 Å². The molecule has 0 N–H and O–H groups in total. The number of hydrogen-bond donors (Lipinski definition) is 0. The van der Waals surface area contributed by atoms with Crippen LogP contribution in [0, 0.1) is 24.0 Å². The molecule has 2 nitrogen and oxygen atoms in total. The molecular weight excluding hydrogens is 753 g/mol. The molecule has 0 unspecified atom stereocenters. The summed E-state index contributed by atoms with van der Waals surface area (Å²) in [6, 6.07) is 27.3. The van der Waals surface area contributed by atoms with Crippen LogP contribution in [0.2, 0.25) is 36.9 Å². The van der Waals surface area contributed by atoms with Gasteiger partial charge in [-0.05, 0) is 23.2 Å². The third-order valence-corrected chi connectivity index (χ3v) is 13.2. The van der Waals surface area contributed by atoms with E-state index in [0.717, 1.165) is 35.4 Å². The van der Waals surface area contributed by atoms with Crippen LogP contribution in [0.5, 0.6) is 0 Å². The zero-order valence-electron chi connectivity index (χ0n) is 26.7. The van der Waals surface area contributed by atoms with Gasteiger partial charge in [-0.3, -0.25) is 0 Å². The van der Waals surface area contributed by atoms with E-state index in [1.54, 1.807) is 4.40 Å². The maximum Gasteiger partial charge on any atom is 0.0798 e. The van der Waals surface area contributed by atoms with E-state index in [0.29, 0.717) is 11.8 Å². The number of rotatable bonds is 8. The molecular formula is C36H48GeIrN2Si-2. The Morgan fingerprint density at radius 2 is 1.17 bits per heavy atom. The first kappa shape index (κ1) is 35.3. The molecule has 1 radical (unpaired) electrons. The Hall–Kier alpha value is -1.85. The van der Waals surface area contributed by atoms with Crippen molar-refractivity contribution in [3.8, 4) is 22.5 Å². The van der Waals surface area contributed by atoms with E-state index >= 15 is 0 Å². The fourth-order valence-electron chi connectivity index (χ4n) is 4.96. The van der Waals surface area contributed by atoms with Crippen LogP contribution in [0.4, 0.5) is 0 Å². The predicted molar refractivity (Wildman–Crippen MR) is 180 cm³/mol. The first-order valence-electron chi connectivity index (χ1n) is 14.7. The average molecular weight is 802 g/mol. The summed E-state index contributed by atoms with van der Waals surface area (Å²) < 4.78 is 1.54. The molecule has 0 saturated carbocycles. The standard InChI is InChI=1S/C18H24GeN.C18H24NSi.Ir/c1-14(2)11-16-12-18(15-9-7-6-8-10-15)20-13-17(16)19(3,4)5;1-14(2)11-16-12-17(15-9-7-6-8-10-15)19-13-18(16)20(3,4)5;/h2*6-9,12-14H,11H2,1-5H3;/q2*-1;. The summed E-state index contributed by atoms with van der Waals surface area (Å²) in [7, 11) is -1.34. The molecule has 0 amide bonds. The Morgan fingerprint density at radius 1 is 0.707 bits per heavy atom. The molecule has 0 bridgehead atoms. The molecule has 4 aromatic rings. The van der Waals surface area contributed by atoms with Crippen molar-refractivity contribution < 1.29 is 20.1 Å². The minimum atomic E-state index is -1.86. The second-order valence-electron chi connectivity index (χ2n) is 13.7. The Morgan fingerprint density at radius 3 is 1.59 bits per heavy atom. The van der Waals surface area contributed by atoms with E-state index in [9.17, 15) is 0 Å². The van der Waals surface area contributed by atoms with Gasteiger partial charge < -0.3 is 4.98 Å². The molecule has 2 heterocycles. The average Bonchev–Trinajstić information content (AvgIpc) is 2.88. The quantitative estimate of drug-likeness (QED) is 0.132. The van der Waals surface area contributed by atoms with Gasteiger partial charge in [0.25, 0.3) is 0 Å². The summed E-state index contributed by atoms with van der Waals surface area (Å²) in [6.45, 7) is 16.3. The van der Waals surface area contributed by atoms with Gasteiger partial charge in [-0.1, -0.05) is 45.1 Å². The monoisotopic (exact) mass is 803 g/mol. The molecule has 5 heteroatoms. The Kier molecular flexibility index (Phi) is 13.4. The van der Waals surface area contributed by atoms with Crippen molar-refractivity contribution in [2.45, 2.75) is 77.4 Å². The number of hydrogen-bond acceptors (Lipinski definition) is 2. The van der Waals surface area contributed by atoms with Crippen molar-refractivity contribution in [3.05, 3.63) is 96.3 Å². The van der Waals surface area contributed by atoms with Crippen LogP contribution in [0.3, 0.4) is 0 Å². The van der Waals surface area contributed by atoms with Crippen molar-refractivity contribution in [2.24, 2.45) is 11.8 Å². The minimum absolute atomic E-state index is 0. The van der Waals surface area contributed by atoms with Gasteiger partial charge in [0.15, 0.2) is 0 Å². The van der Waals surface area contributed by atoms with Crippen molar-refractivity contribution in [2.75, 3.05) is 0 Å². The topological polar surface area (TPSA) is 25.8 Å². The maximum absolute atomic E-state index is 4.70. The van der Waals surface area contributed by atoms with Crippen LogP contribution in [-0.4, -0.2) is 31.3 Å². The molecule has 2 aromatic heterocycles. The summed E-state index contributed by atoms with van der Waals surface area (Å²) in [6.07, 6.45) is 6.51. The molecule has 41 heavy (non-hydrogen) atoms. The number of nitrogens with zero attached hydrogens (tertiary/aromatic N) is 2. The minimum Gasteiger partial charge on any atom is -0.305 e. The van der Waals surface area contributed by atoms with Crippen LogP contribution < -0.4 is 9.58 Å². The van der Waals surface area contributed by atoms with Gasteiger partial charge in [0, 0.05) is 26.3 Å². The van der Waals surface area contributed by atoms with Crippen LogP contribution in [0.1, 0.15) is 38.8 Å². The molecule has 2 aromatic carbocycles. The summed E-state index contributed by atoms with van der Waals surface area (Å²) in [4.78, 5) is 9.39. The Balaban J connectivity index is 0.000000280. The Labute approximate surface area is 267 Å². The number of pyridine rings is 2. The van der Waals surface area contributed by atoms with Gasteiger partial charge in [-0.15, -0.1) is 35.9 Å². The maximum atomic E-state index is 4.70. The molecule has 0 spiro atoms. The normalized spacial score (nSPS) is 11.6. The zero-order chi connectivity index (χ0) is 29.5. The van der Waals surface area contributed by atoms with Crippen molar-refractivity contribution >= 4 is 30.9 Å². The van der Waals surface area contributed by atoms with Gasteiger partial charge in [0.2, 0.25) is 0 Å². The fraction of sp³-hybridized carbons (Fsp3) is 0.389. The van der Waals surface area contributed by atoms with E-state index in [1.807, 2.05) is 36.4 Å². The summed E-state index contributed by atoms with van der Waals surface area (Å²) in [5.74, 6) is 8.66. The van der Waals surface area contributed by atoms with Gasteiger partial charge in [-0.25, -0.2) is 0 Å². The molecule has 0 atom stereocenters. The SMILES string of the molecule is CC(C)Cc1cc(-c2[c-]cccc2)nc[c]1[Ge]([CH3])([CH3])[CH3].CC(C)Cc1cc(-c2[c-]cccc2)ncc1[Si](C)(C)C.[Ir]. The first-order valence-corrected chi connectivity index (χ1v) is 25.5. The fourth-order valence-corrected chi connectivity index (χ4v) is 9.89. The van der Waals surface area contributed by atoms with Crippen LogP contribution >= 0.6 is 0 Å². The first-order chi connectivity index (χ1) is 18.8. The smallest absolute Gasteiger partial charge is 0.0798 e. The molecule has 0 saturated heterocycles. The van der Waals surface area contributed by atoms with E-state index in [4.69, 9.17) is 4.98 Å². The molecule has 4 rings (SSSR count). The van der Waals surface area contributed by atoms with E-state index in [-0.39, 0.29) is 20.1 Å². The predicted octanol–water partition coefficient (Wildman–Crippen LogP) is 8.58. The summed E-state index contributed by atoms with van der Waals surface area (Å²) in [5.41, 5.74) is 7.24. The third-order valence-electron chi connectivity index (χ3n) is 6.82. The zero-order valence-corrected chi connectivity index (χ0v) is 32.2. The van der Waals surface area contributed by atoms with Crippen molar-refractivity contribution in [1.29, 1.82) is 0 Å². The van der Waals surface area contributed by atoms with E-state index in [2.05, 4.69) is 118 Å². The van der Waals surface area contributed by atoms with Gasteiger partial charge in [0.05, 0.1) is 8.07 Å². The molecule has 221 valence electrons. The second-order valence-corrected chi connectivity index (χ2v) is 29.3. The third kappa shape index (κ3) is 10.7. The number of aromatic nitrogens is 2. The number of benzene rings is 2.